The normalized spacial score (nSPS) is 13.2. The standard InChI is InChI=1S/C15H22O3/c1-10-6-7-12(15(3,4)5)13(8-10)18-11(2)9-14(16)17/h6-8,11H,9H2,1-5H3,(H,16,17)/t11-/m0/s1. The molecular weight excluding hydrogens is 228 g/mol. The highest BCUT2D eigenvalue weighted by atomic mass is 16.5. The molecule has 0 aromatic heterocycles. The van der Waals surface area contributed by atoms with Crippen LogP contribution in [0.15, 0.2) is 18.2 Å². The Labute approximate surface area is 109 Å². The molecule has 0 unspecified atom stereocenters. The van der Waals surface area contributed by atoms with E-state index in [1.807, 2.05) is 13.0 Å². The molecule has 0 aliphatic heterocycles. The van der Waals surface area contributed by atoms with E-state index in [0.717, 1.165) is 16.9 Å². The van der Waals surface area contributed by atoms with Gasteiger partial charge in [0.1, 0.15) is 11.9 Å². The van der Waals surface area contributed by atoms with Crippen LogP contribution in [0.25, 0.3) is 0 Å². The Hall–Kier alpha value is -1.51. The van der Waals surface area contributed by atoms with Gasteiger partial charge < -0.3 is 9.84 Å². The summed E-state index contributed by atoms with van der Waals surface area (Å²) in [7, 11) is 0. The van der Waals surface area contributed by atoms with Crippen molar-refractivity contribution in [2.24, 2.45) is 0 Å². The highest BCUT2D eigenvalue weighted by Gasteiger charge is 2.20. The molecule has 1 aromatic rings. The van der Waals surface area contributed by atoms with Gasteiger partial charge in [-0.3, -0.25) is 4.79 Å². The van der Waals surface area contributed by atoms with Crippen LogP contribution < -0.4 is 4.74 Å². The number of rotatable bonds is 4. The molecule has 1 rings (SSSR count). The lowest BCUT2D eigenvalue weighted by atomic mass is 9.86. The van der Waals surface area contributed by atoms with Gasteiger partial charge in [0.25, 0.3) is 0 Å². The minimum Gasteiger partial charge on any atom is -0.490 e. The molecule has 1 atom stereocenters. The fourth-order valence-electron chi connectivity index (χ4n) is 1.85. The van der Waals surface area contributed by atoms with Gasteiger partial charge >= 0.3 is 5.97 Å². The lowest BCUT2D eigenvalue weighted by Gasteiger charge is -2.25. The Morgan fingerprint density at radius 2 is 2.00 bits per heavy atom. The van der Waals surface area contributed by atoms with Crippen molar-refractivity contribution in [3.8, 4) is 5.75 Å². The summed E-state index contributed by atoms with van der Waals surface area (Å²) in [5.74, 6) is -0.0521. The van der Waals surface area contributed by atoms with E-state index in [-0.39, 0.29) is 17.9 Å². The molecule has 3 heteroatoms. The SMILES string of the molecule is Cc1ccc(C(C)(C)C)c(O[C@@H](C)CC(=O)O)c1. The Kier molecular flexibility index (Phi) is 4.38. The largest absolute Gasteiger partial charge is 0.490 e. The van der Waals surface area contributed by atoms with E-state index >= 15 is 0 Å². The van der Waals surface area contributed by atoms with Crippen molar-refractivity contribution in [3.63, 3.8) is 0 Å². The Morgan fingerprint density at radius 1 is 1.39 bits per heavy atom. The van der Waals surface area contributed by atoms with Gasteiger partial charge in [-0.1, -0.05) is 32.9 Å². The predicted octanol–water partition coefficient (Wildman–Crippen LogP) is 3.53. The molecule has 0 radical (unpaired) electrons. The van der Waals surface area contributed by atoms with Crippen LogP contribution in [0.1, 0.15) is 45.2 Å². The molecule has 0 aliphatic rings. The maximum absolute atomic E-state index is 10.7. The Balaban J connectivity index is 2.99. The average molecular weight is 250 g/mol. The lowest BCUT2D eigenvalue weighted by molar-refractivity contribution is -0.138. The summed E-state index contributed by atoms with van der Waals surface area (Å²) in [6, 6.07) is 6.08. The average Bonchev–Trinajstić information content (AvgIpc) is 2.13. The van der Waals surface area contributed by atoms with E-state index in [9.17, 15) is 4.79 Å². The third kappa shape index (κ3) is 4.06. The molecule has 0 fully saturated rings. The number of hydrogen-bond acceptors (Lipinski definition) is 2. The van der Waals surface area contributed by atoms with Crippen LogP contribution in [0.3, 0.4) is 0 Å². The maximum atomic E-state index is 10.7. The number of hydrogen-bond donors (Lipinski definition) is 1. The van der Waals surface area contributed by atoms with Gasteiger partial charge in [-0.05, 0) is 36.5 Å². The first-order valence-electron chi connectivity index (χ1n) is 6.19. The van der Waals surface area contributed by atoms with Crippen molar-refractivity contribution < 1.29 is 14.6 Å². The van der Waals surface area contributed by atoms with Gasteiger partial charge in [0, 0.05) is 0 Å². The number of carbonyl (C=O) groups is 1. The zero-order chi connectivity index (χ0) is 13.9. The van der Waals surface area contributed by atoms with Gasteiger partial charge in [-0.15, -0.1) is 0 Å². The third-order valence-corrected chi connectivity index (χ3v) is 2.74. The van der Waals surface area contributed by atoms with Crippen LogP contribution in [0.5, 0.6) is 5.75 Å². The molecule has 0 saturated heterocycles. The van der Waals surface area contributed by atoms with Crippen LogP contribution in [-0.2, 0) is 10.2 Å². The van der Waals surface area contributed by atoms with Crippen molar-refractivity contribution in [3.05, 3.63) is 29.3 Å². The number of aliphatic carboxylic acids is 1. The molecule has 1 aromatic carbocycles. The molecule has 0 heterocycles. The highest BCUT2D eigenvalue weighted by molar-refractivity contribution is 5.67. The first kappa shape index (κ1) is 14.6. The van der Waals surface area contributed by atoms with E-state index in [0.29, 0.717) is 0 Å². The van der Waals surface area contributed by atoms with Crippen LogP contribution in [-0.4, -0.2) is 17.2 Å². The van der Waals surface area contributed by atoms with Crippen LogP contribution in [0, 0.1) is 6.92 Å². The van der Waals surface area contributed by atoms with Crippen molar-refractivity contribution in [1.29, 1.82) is 0 Å². The number of ether oxygens (including phenoxy) is 1. The van der Waals surface area contributed by atoms with E-state index in [2.05, 4.69) is 32.9 Å². The van der Waals surface area contributed by atoms with Crippen molar-refractivity contribution >= 4 is 5.97 Å². The minimum atomic E-state index is -0.840. The third-order valence-electron chi connectivity index (χ3n) is 2.74. The van der Waals surface area contributed by atoms with Crippen molar-refractivity contribution in [1.82, 2.24) is 0 Å². The number of carboxylic acids is 1. The molecule has 100 valence electrons. The molecule has 1 N–H and O–H groups in total. The number of aryl methyl sites for hydroxylation is 1. The van der Waals surface area contributed by atoms with E-state index in [4.69, 9.17) is 9.84 Å². The van der Waals surface area contributed by atoms with Gasteiger partial charge in [0.15, 0.2) is 0 Å². The van der Waals surface area contributed by atoms with E-state index in [1.54, 1.807) is 6.92 Å². The van der Waals surface area contributed by atoms with E-state index in [1.165, 1.54) is 0 Å². The smallest absolute Gasteiger partial charge is 0.307 e. The molecule has 0 saturated carbocycles. The van der Waals surface area contributed by atoms with Gasteiger partial charge in [-0.25, -0.2) is 0 Å². The summed E-state index contributed by atoms with van der Waals surface area (Å²) in [5.41, 5.74) is 2.19. The summed E-state index contributed by atoms with van der Waals surface area (Å²) in [5, 5.41) is 8.77. The second kappa shape index (κ2) is 5.42. The van der Waals surface area contributed by atoms with Gasteiger partial charge in [0.2, 0.25) is 0 Å². The van der Waals surface area contributed by atoms with E-state index < -0.39 is 5.97 Å². The fourth-order valence-corrected chi connectivity index (χ4v) is 1.85. The summed E-state index contributed by atoms with van der Waals surface area (Å²) in [6.07, 6.45) is -0.317. The summed E-state index contributed by atoms with van der Waals surface area (Å²) in [4.78, 5) is 10.7. The summed E-state index contributed by atoms with van der Waals surface area (Å²) >= 11 is 0. The monoisotopic (exact) mass is 250 g/mol. The predicted molar refractivity (Wildman–Crippen MR) is 72.2 cm³/mol. The molecule has 0 bridgehead atoms. The number of benzene rings is 1. The van der Waals surface area contributed by atoms with Gasteiger partial charge in [-0.2, -0.15) is 0 Å². The summed E-state index contributed by atoms with van der Waals surface area (Å²) < 4.78 is 5.78. The molecule has 3 nitrogen and oxygen atoms in total. The molecular formula is C15H22O3. The van der Waals surface area contributed by atoms with Gasteiger partial charge in [0.05, 0.1) is 6.42 Å². The molecule has 0 spiro atoms. The summed E-state index contributed by atoms with van der Waals surface area (Å²) in [6.45, 7) is 10.1. The Bertz CT molecular complexity index is 430. The van der Waals surface area contributed by atoms with Crippen molar-refractivity contribution in [2.75, 3.05) is 0 Å². The quantitative estimate of drug-likeness (QED) is 0.889. The van der Waals surface area contributed by atoms with Crippen LogP contribution in [0.4, 0.5) is 0 Å². The Morgan fingerprint density at radius 3 is 2.50 bits per heavy atom. The van der Waals surface area contributed by atoms with Crippen LogP contribution >= 0.6 is 0 Å². The fraction of sp³-hybridized carbons (Fsp3) is 0.533. The number of carboxylic acid groups (broad SMARTS) is 1. The topological polar surface area (TPSA) is 46.5 Å². The molecule has 0 amide bonds. The molecule has 18 heavy (non-hydrogen) atoms. The second-order valence-corrected chi connectivity index (χ2v) is 5.78. The zero-order valence-electron chi connectivity index (χ0n) is 11.8. The zero-order valence-corrected chi connectivity index (χ0v) is 11.8. The maximum Gasteiger partial charge on any atom is 0.307 e. The second-order valence-electron chi connectivity index (χ2n) is 5.78. The molecule has 0 aliphatic carbocycles. The van der Waals surface area contributed by atoms with Crippen molar-refractivity contribution in [2.45, 2.75) is 52.6 Å². The first-order valence-corrected chi connectivity index (χ1v) is 6.19. The first-order chi connectivity index (χ1) is 8.20. The lowest BCUT2D eigenvalue weighted by Crippen LogP contribution is -2.20. The van der Waals surface area contributed by atoms with Crippen LogP contribution in [0.2, 0.25) is 0 Å². The minimum absolute atomic E-state index is 0.0114. The highest BCUT2D eigenvalue weighted by Crippen LogP contribution is 2.32.